The largest absolute Gasteiger partial charge is 0.340 e. The third-order valence-corrected chi connectivity index (χ3v) is 12.4. The van der Waals surface area contributed by atoms with Crippen LogP contribution in [0.1, 0.15) is 90.4 Å². The van der Waals surface area contributed by atoms with Gasteiger partial charge in [0.05, 0.1) is 16.9 Å². The van der Waals surface area contributed by atoms with E-state index in [1.54, 1.807) is 0 Å². The van der Waals surface area contributed by atoms with Gasteiger partial charge in [0.15, 0.2) is 5.96 Å². The van der Waals surface area contributed by atoms with E-state index in [0.717, 1.165) is 92.1 Å². The highest BCUT2D eigenvalue weighted by Crippen LogP contribution is 2.61. The average Bonchev–Trinajstić information content (AvgIpc) is 3.05. The van der Waals surface area contributed by atoms with Gasteiger partial charge in [-0.2, -0.15) is 0 Å². The summed E-state index contributed by atoms with van der Waals surface area (Å²) in [5.74, 6) is 4.60. The second-order valence-corrected chi connectivity index (χ2v) is 15.9. The predicted octanol–water partition coefficient (Wildman–Crippen LogP) is 7.20. The Kier molecular flexibility index (Phi) is 8.92. The lowest BCUT2D eigenvalue weighted by atomic mass is 9.45. The molecule has 0 spiro atoms. The quantitative estimate of drug-likeness (QED) is 0.220. The Morgan fingerprint density at radius 1 is 1.06 bits per heavy atom. The average molecular weight is 641 g/mol. The lowest BCUT2D eigenvalue weighted by Crippen LogP contribution is -2.57. The summed E-state index contributed by atoms with van der Waals surface area (Å²) in [7, 11) is 0. The van der Waals surface area contributed by atoms with E-state index in [-0.39, 0.29) is 17.3 Å². The zero-order chi connectivity index (χ0) is 32.9. The molecular weight excluding hydrogens is 587 g/mol. The van der Waals surface area contributed by atoms with Crippen LogP contribution >= 0.6 is 0 Å². The van der Waals surface area contributed by atoms with E-state index in [1.165, 1.54) is 18.6 Å². The van der Waals surface area contributed by atoms with E-state index in [0.29, 0.717) is 47.7 Å². The van der Waals surface area contributed by atoms with Crippen LogP contribution in [0, 0.1) is 34.9 Å². The number of nitrogens with one attached hydrogen (secondary N) is 2. The summed E-state index contributed by atoms with van der Waals surface area (Å²) in [4.78, 5) is 27.3. The van der Waals surface area contributed by atoms with Crippen molar-refractivity contribution in [1.29, 1.82) is 0 Å². The number of anilines is 1. The molecule has 2 N–H and O–H groups in total. The van der Waals surface area contributed by atoms with E-state index < -0.39 is 0 Å². The third-order valence-electron chi connectivity index (χ3n) is 12.4. The minimum absolute atomic E-state index is 0.0139. The number of hydrogen-bond donors (Lipinski definition) is 2. The first-order chi connectivity index (χ1) is 22.6. The molecule has 8 rings (SSSR count). The minimum atomic E-state index is -0.242. The molecule has 0 radical (unpaired) electrons. The molecule has 2 bridgehead atoms. The molecule has 5 fully saturated rings. The number of aliphatic imine (C=N–C) groups is 1. The minimum Gasteiger partial charge on any atom is -0.340 e. The smallest absolute Gasteiger partial charge is 0.261 e. The molecular formula is C39H53FN6O. The second kappa shape index (κ2) is 13.0. The lowest BCUT2D eigenvalue weighted by Gasteiger charge is -2.61. The van der Waals surface area contributed by atoms with Crippen molar-refractivity contribution < 1.29 is 4.39 Å². The summed E-state index contributed by atoms with van der Waals surface area (Å²) in [6, 6.07) is 13.3. The van der Waals surface area contributed by atoms with E-state index in [1.807, 2.05) is 28.8 Å². The summed E-state index contributed by atoms with van der Waals surface area (Å²) in [6.07, 6.45) is 7.54. The number of piperazine rings is 1. The van der Waals surface area contributed by atoms with Gasteiger partial charge in [-0.15, -0.1) is 0 Å². The fourth-order valence-corrected chi connectivity index (χ4v) is 9.15. The maximum Gasteiger partial charge on any atom is 0.261 e. The van der Waals surface area contributed by atoms with Crippen molar-refractivity contribution >= 4 is 22.5 Å². The number of benzene rings is 2. The van der Waals surface area contributed by atoms with Crippen LogP contribution in [0.25, 0.3) is 10.9 Å². The number of hydrogen-bond acceptors (Lipinski definition) is 4. The molecule has 2 heterocycles. The predicted molar refractivity (Wildman–Crippen MR) is 190 cm³/mol. The molecule has 0 amide bonds. The summed E-state index contributed by atoms with van der Waals surface area (Å²) in [6.45, 7) is 15.1. The molecule has 1 saturated heterocycles. The highest BCUT2D eigenvalue weighted by Gasteiger charge is 2.56. The number of rotatable bonds is 6. The number of aryl methyl sites for hydroxylation is 1. The van der Waals surface area contributed by atoms with Crippen LogP contribution in [-0.2, 0) is 13.0 Å². The summed E-state index contributed by atoms with van der Waals surface area (Å²) < 4.78 is 15.5. The van der Waals surface area contributed by atoms with Gasteiger partial charge in [0.2, 0.25) is 0 Å². The maximum absolute atomic E-state index is 14.1. The van der Waals surface area contributed by atoms with Crippen LogP contribution < -0.4 is 16.2 Å². The topological polar surface area (TPSA) is 74.6 Å². The van der Waals surface area contributed by atoms with Crippen LogP contribution in [-0.4, -0.2) is 52.1 Å². The monoisotopic (exact) mass is 640 g/mol. The Morgan fingerprint density at radius 3 is 2.53 bits per heavy atom. The van der Waals surface area contributed by atoms with Gasteiger partial charge in [0, 0.05) is 43.8 Å². The Hall–Kier alpha value is -3.26. The molecule has 252 valence electrons. The van der Waals surface area contributed by atoms with Crippen molar-refractivity contribution in [3.8, 4) is 0 Å². The van der Waals surface area contributed by atoms with Gasteiger partial charge >= 0.3 is 0 Å². The first-order valence-electron chi connectivity index (χ1n) is 18.2. The zero-order valence-electron chi connectivity index (χ0n) is 28.9. The lowest BCUT2D eigenvalue weighted by molar-refractivity contribution is -0.108. The van der Waals surface area contributed by atoms with Gasteiger partial charge in [-0.05, 0) is 104 Å². The molecule has 7 nitrogen and oxygen atoms in total. The van der Waals surface area contributed by atoms with Crippen LogP contribution in [0.4, 0.5) is 10.1 Å². The first-order valence-corrected chi connectivity index (χ1v) is 18.2. The molecule has 2 aromatic carbocycles. The van der Waals surface area contributed by atoms with E-state index in [4.69, 9.17) is 9.98 Å². The Labute approximate surface area is 279 Å². The molecule has 1 aromatic heterocycles. The SMILES string of the molecule is CC1CCC(c2nc3cc(NC(=N[C@H]4C[C@@H]5C[C@H]([C@@H]4C)C5(C)C)N4CCN[C@@H](C)C4)ccc3c(=O)n2CCc2ccc(F)cc2)CC1. The molecule has 3 aromatic rings. The number of fused-ring (bicyclic) bond motifs is 3. The van der Waals surface area contributed by atoms with Crippen molar-refractivity contribution in [3.63, 3.8) is 0 Å². The van der Waals surface area contributed by atoms with Gasteiger partial charge < -0.3 is 15.5 Å². The highest BCUT2D eigenvalue weighted by atomic mass is 19.1. The van der Waals surface area contributed by atoms with Crippen LogP contribution in [0.2, 0.25) is 0 Å². The number of guanidine groups is 1. The summed E-state index contributed by atoms with van der Waals surface area (Å²) in [5.41, 5.74) is 3.12. The molecule has 4 aliphatic carbocycles. The van der Waals surface area contributed by atoms with Crippen molar-refractivity contribution in [1.82, 2.24) is 19.8 Å². The Morgan fingerprint density at radius 2 is 1.83 bits per heavy atom. The second-order valence-electron chi connectivity index (χ2n) is 15.9. The molecule has 8 heteroatoms. The van der Waals surface area contributed by atoms with Crippen molar-refractivity contribution in [3.05, 3.63) is 70.0 Å². The van der Waals surface area contributed by atoms with E-state index in [2.05, 4.69) is 56.2 Å². The third kappa shape index (κ3) is 6.47. The standard InChI is InChI=1S/C39H53FN6O/c1-24-6-10-28(11-7-24)36-43-35-22-31(14-15-32(35)37(47)46(36)18-16-27-8-12-30(40)13-9-27)42-38(45-19-17-41-25(2)23-45)44-34-21-29-20-33(26(34)3)39(29,4)5/h8-9,12-15,22,24-26,28-29,33-34,41H,6-7,10-11,16-21,23H2,1-5H3,(H,42,44)/t24?,25-,26-,28?,29-,33+,34-/m0/s1. The van der Waals surface area contributed by atoms with Gasteiger partial charge in [-0.3, -0.25) is 9.36 Å². The molecule has 5 atom stereocenters. The van der Waals surface area contributed by atoms with E-state index >= 15 is 0 Å². The summed E-state index contributed by atoms with van der Waals surface area (Å²) in [5, 5.41) is 7.96. The number of aromatic nitrogens is 2. The van der Waals surface area contributed by atoms with Crippen LogP contribution in [0.15, 0.2) is 52.3 Å². The first kappa shape index (κ1) is 32.3. The van der Waals surface area contributed by atoms with E-state index in [9.17, 15) is 9.18 Å². The molecule has 4 saturated carbocycles. The maximum atomic E-state index is 14.1. The number of nitrogens with zero attached hydrogens (tertiary/aromatic N) is 4. The van der Waals surface area contributed by atoms with Crippen molar-refractivity contribution in [2.45, 2.75) is 104 Å². The van der Waals surface area contributed by atoms with Crippen LogP contribution in [0.5, 0.6) is 0 Å². The zero-order valence-corrected chi connectivity index (χ0v) is 28.9. The fraction of sp³-hybridized carbons (Fsp3) is 0.615. The van der Waals surface area contributed by atoms with Gasteiger partial charge in [-0.25, -0.2) is 14.4 Å². The molecule has 1 aliphatic heterocycles. The molecule has 5 aliphatic rings. The Bertz CT molecular complexity index is 1670. The Balaban J connectivity index is 1.21. The van der Waals surface area contributed by atoms with Gasteiger partial charge in [0.25, 0.3) is 5.56 Å². The highest BCUT2D eigenvalue weighted by molar-refractivity contribution is 5.96. The van der Waals surface area contributed by atoms with Crippen LogP contribution in [0.3, 0.4) is 0 Å². The normalized spacial score (nSPS) is 30.6. The number of halogens is 1. The molecule has 47 heavy (non-hydrogen) atoms. The van der Waals surface area contributed by atoms with Crippen molar-refractivity contribution in [2.24, 2.45) is 34.1 Å². The molecule has 0 unspecified atom stereocenters. The summed E-state index contributed by atoms with van der Waals surface area (Å²) >= 11 is 0. The van der Waals surface area contributed by atoms with Gasteiger partial charge in [-0.1, -0.05) is 52.7 Å². The van der Waals surface area contributed by atoms with Gasteiger partial charge in [0.1, 0.15) is 11.6 Å². The fourth-order valence-electron chi connectivity index (χ4n) is 9.15. The van der Waals surface area contributed by atoms with Crippen molar-refractivity contribution in [2.75, 3.05) is 25.0 Å².